The van der Waals surface area contributed by atoms with Gasteiger partial charge in [0, 0.05) is 30.2 Å². The second-order valence-corrected chi connectivity index (χ2v) is 7.05. The van der Waals surface area contributed by atoms with Crippen LogP contribution in [0.15, 0.2) is 36.7 Å². The van der Waals surface area contributed by atoms with Gasteiger partial charge in [-0.1, -0.05) is 6.07 Å². The molecule has 0 aliphatic carbocycles. The lowest BCUT2D eigenvalue weighted by Crippen LogP contribution is -2.48. The zero-order valence-electron chi connectivity index (χ0n) is 15.8. The predicted octanol–water partition coefficient (Wildman–Crippen LogP) is 1.85. The monoisotopic (exact) mass is 371 g/mol. The minimum Gasteiger partial charge on any atom is -0.490 e. The molecule has 0 aliphatic rings. The zero-order chi connectivity index (χ0) is 19.3. The van der Waals surface area contributed by atoms with Crippen LogP contribution < -0.4 is 14.8 Å². The maximum absolute atomic E-state index is 10.3. The second kappa shape index (κ2) is 8.32. The van der Waals surface area contributed by atoms with Gasteiger partial charge in [-0.25, -0.2) is 9.97 Å². The van der Waals surface area contributed by atoms with Crippen LogP contribution in [0, 0.1) is 6.92 Å². The van der Waals surface area contributed by atoms with Crippen molar-refractivity contribution in [3.63, 3.8) is 0 Å². The number of aryl methyl sites for hydroxylation is 1. The third kappa shape index (κ3) is 5.15. The van der Waals surface area contributed by atoms with E-state index in [1.54, 1.807) is 18.5 Å². The molecule has 2 aromatic heterocycles. The molecule has 8 nitrogen and oxygen atoms in total. The van der Waals surface area contributed by atoms with Crippen molar-refractivity contribution < 1.29 is 14.6 Å². The zero-order valence-corrected chi connectivity index (χ0v) is 15.8. The number of rotatable bonds is 9. The largest absolute Gasteiger partial charge is 0.490 e. The molecule has 3 N–H and O–H groups in total. The molecule has 0 amide bonds. The van der Waals surface area contributed by atoms with Gasteiger partial charge in [-0.3, -0.25) is 5.10 Å². The Morgan fingerprint density at radius 1 is 1.19 bits per heavy atom. The Balaban J connectivity index is 1.47. The van der Waals surface area contributed by atoms with Crippen molar-refractivity contribution in [2.75, 3.05) is 19.8 Å². The summed E-state index contributed by atoms with van der Waals surface area (Å²) in [7, 11) is 0. The van der Waals surface area contributed by atoms with E-state index >= 15 is 0 Å². The van der Waals surface area contributed by atoms with Crippen LogP contribution in [0.4, 0.5) is 0 Å². The van der Waals surface area contributed by atoms with Crippen LogP contribution in [0.5, 0.6) is 11.8 Å². The summed E-state index contributed by atoms with van der Waals surface area (Å²) in [5.41, 5.74) is 1.43. The van der Waals surface area contributed by atoms with Crippen molar-refractivity contribution in [3.8, 4) is 11.8 Å². The first-order valence-electron chi connectivity index (χ1n) is 8.84. The molecular weight excluding hydrogens is 346 g/mol. The summed E-state index contributed by atoms with van der Waals surface area (Å²) in [5.74, 6) is 0.710. The summed E-state index contributed by atoms with van der Waals surface area (Å²) >= 11 is 0. The first-order valence-corrected chi connectivity index (χ1v) is 8.84. The Labute approximate surface area is 157 Å². The molecule has 1 atom stereocenters. The Kier molecular flexibility index (Phi) is 5.88. The molecule has 27 heavy (non-hydrogen) atoms. The number of aliphatic hydroxyl groups excluding tert-OH is 1. The molecule has 0 bridgehead atoms. The van der Waals surface area contributed by atoms with Gasteiger partial charge in [-0.05, 0) is 39.0 Å². The number of hydrogen-bond donors (Lipinski definition) is 3. The molecule has 2 heterocycles. The molecule has 0 saturated carbocycles. The third-order valence-electron chi connectivity index (χ3n) is 4.07. The van der Waals surface area contributed by atoms with E-state index in [1.165, 1.54) is 0 Å². The molecule has 0 unspecified atom stereocenters. The highest BCUT2D eigenvalue weighted by Crippen LogP contribution is 2.26. The van der Waals surface area contributed by atoms with E-state index in [-0.39, 0.29) is 12.1 Å². The van der Waals surface area contributed by atoms with Crippen molar-refractivity contribution in [2.45, 2.75) is 32.4 Å². The lowest BCUT2D eigenvalue weighted by molar-refractivity contribution is 0.0925. The standard InChI is InChI=1S/C19H25N5O3/c1-13-17-15(24-23-13)6-4-7-16(17)26-11-14(25)10-22-19(2,3)12-27-18-20-8-5-9-21-18/h4-9,14,22,25H,10-12H2,1-3H3,(H,23,24)/t14-/m0/s1. The van der Waals surface area contributed by atoms with Crippen molar-refractivity contribution in [1.29, 1.82) is 0 Å². The van der Waals surface area contributed by atoms with E-state index in [1.807, 2.05) is 39.0 Å². The van der Waals surface area contributed by atoms with Crippen LogP contribution in [0.25, 0.3) is 10.9 Å². The minimum absolute atomic E-state index is 0.176. The second-order valence-electron chi connectivity index (χ2n) is 7.05. The summed E-state index contributed by atoms with van der Waals surface area (Å²) in [6.07, 6.45) is 2.60. The fourth-order valence-electron chi connectivity index (χ4n) is 2.60. The number of ether oxygens (including phenoxy) is 2. The lowest BCUT2D eigenvalue weighted by Gasteiger charge is -2.27. The van der Waals surface area contributed by atoms with Crippen LogP contribution in [0.1, 0.15) is 19.5 Å². The van der Waals surface area contributed by atoms with Crippen LogP contribution in [0.2, 0.25) is 0 Å². The van der Waals surface area contributed by atoms with Gasteiger partial charge >= 0.3 is 6.01 Å². The quantitative estimate of drug-likeness (QED) is 0.527. The lowest BCUT2D eigenvalue weighted by atomic mass is 10.1. The van der Waals surface area contributed by atoms with Gasteiger partial charge in [-0.2, -0.15) is 5.10 Å². The molecule has 3 rings (SSSR count). The molecule has 0 radical (unpaired) electrons. The molecule has 0 spiro atoms. The van der Waals surface area contributed by atoms with Gasteiger partial charge in [0.1, 0.15) is 25.1 Å². The van der Waals surface area contributed by atoms with E-state index in [2.05, 4.69) is 25.5 Å². The summed E-state index contributed by atoms with van der Waals surface area (Å²) in [6.45, 7) is 6.83. The number of hydrogen-bond acceptors (Lipinski definition) is 7. The molecule has 0 fully saturated rings. The van der Waals surface area contributed by atoms with Crippen molar-refractivity contribution in [2.24, 2.45) is 0 Å². The maximum Gasteiger partial charge on any atom is 0.316 e. The number of aliphatic hydroxyl groups is 1. The predicted molar refractivity (Wildman–Crippen MR) is 102 cm³/mol. The Morgan fingerprint density at radius 2 is 1.96 bits per heavy atom. The summed E-state index contributed by atoms with van der Waals surface area (Å²) in [4.78, 5) is 8.06. The van der Waals surface area contributed by atoms with Crippen LogP contribution in [0.3, 0.4) is 0 Å². The molecule has 3 aromatic rings. The number of H-pyrrole nitrogens is 1. The Bertz CT molecular complexity index is 866. The number of nitrogens with one attached hydrogen (secondary N) is 2. The van der Waals surface area contributed by atoms with E-state index < -0.39 is 6.10 Å². The summed E-state index contributed by atoms with van der Waals surface area (Å²) < 4.78 is 11.4. The van der Waals surface area contributed by atoms with Crippen molar-refractivity contribution >= 4 is 10.9 Å². The van der Waals surface area contributed by atoms with E-state index in [0.29, 0.717) is 24.9 Å². The topological polar surface area (TPSA) is 105 Å². The van der Waals surface area contributed by atoms with Gasteiger partial charge in [-0.15, -0.1) is 0 Å². The molecule has 8 heteroatoms. The molecule has 0 aliphatic heterocycles. The number of fused-ring (bicyclic) bond motifs is 1. The van der Waals surface area contributed by atoms with Gasteiger partial charge in [0.05, 0.1) is 10.9 Å². The Morgan fingerprint density at radius 3 is 2.74 bits per heavy atom. The fourth-order valence-corrected chi connectivity index (χ4v) is 2.60. The highest BCUT2D eigenvalue weighted by Gasteiger charge is 2.20. The first kappa shape index (κ1) is 19.1. The van der Waals surface area contributed by atoms with Gasteiger partial charge in [0.2, 0.25) is 0 Å². The van der Waals surface area contributed by atoms with E-state index in [9.17, 15) is 5.11 Å². The molecule has 0 saturated heterocycles. The number of aromatic nitrogens is 4. The fraction of sp³-hybridized carbons (Fsp3) is 0.421. The van der Waals surface area contributed by atoms with Crippen molar-refractivity contribution in [1.82, 2.24) is 25.5 Å². The SMILES string of the molecule is Cc1[nH]nc2cccc(OC[C@@H](O)CNC(C)(C)COc3ncccn3)c12. The van der Waals surface area contributed by atoms with Crippen LogP contribution in [-0.4, -0.2) is 56.7 Å². The Hall–Kier alpha value is -2.71. The molecular formula is C19H25N5O3. The van der Waals surface area contributed by atoms with Crippen molar-refractivity contribution in [3.05, 3.63) is 42.4 Å². The normalized spacial score (nSPS) is 12.9. The van der Waals surface area contributed by atoms with Crippen LogP contribution >= 0.6 is 0 Å². The number of benzene rings is 1. The van der Waals surface area contributed by atoms with E-state index in [4.69, 9.17) is 9.47 Å². The number of aromatic amines is 1. The van der Waals surface area contributed by atoms with E-state index in [0.717, 1.165) is 16.6 Å². The van der Waals surface area contributed by atoms with Crippen LogP contribution in [-0.2, 0) is 0 Å². The summed E-state index contributed by atoms with van der Waals surface area (Å²) in [5, 5.41) is 21.7. The van der Waals surface area contributed by atoms with Gasteiger partial charge in [0.25, 0.3) is 0 Å². The summed E-state index contributed by atoms with van der Waals surface area (Å²) in [6, 6.07) is 7.75. The number of nitrogens with zero attached hydrogens (tertiary/aromatic N) is 3. The smallest absolute Gasteiger partial charge is 0.316 e. The average molecular weight is 371 g/mol. The van der Waals surface area contributed by atoms with Gasteiger partial charge < -0.3 is 19.9 Å². The first-order chi connectivity index (χ1) is 12.9. The highest BCUT2D eigenvalue weighted by atomic mass is 16.5. The average Bonchev–Trinajstić information content (AvgIpc) is 3.06. The minimum atomic E-state index is -0.667. The number of β-amino-alcohol motifs (C(OH)–C–C–N with tert-alkyl or cyclic N) is 1. The molecule has 144 valence electrons. The molecule has 1 aromatic carbocycles. The van der Waals surface area contributed by atoms with Gasteiger partial charge in [0.15, 0.2) is 0 Å². The highest BCUT2D eigenvalue weighted by molar-refractivity contribution is 5.87. The third-order valence-corrected chi connectivity index (χ3v) is 4.07. The maximum atomic E-state index is 10.3.